The van der Waals surface area contributed by atoms with Crippen LogP contribution in [0.15, 0.2) is 33.3 Å². The molecule has 0 spiro atoms. The van der Waals surface area contributed by atoms with E-state index in [4.69, 9.17) is 0 Å². The zero-order valence-corrected chi connectivity index (χ0v) is 15.5. The summed E-state index contributed by atoms with van der Waals surface area (Å²) in [5, 5.41) is 11.9. The van der Waals surface area contributed by atoms with E-state index in [1.807, 2.05) is 16.9 Å². The molecule has 1 N–H and O–H groups in total. The fourth-order valence-electron chi connectivity index (χ4n) is 2.27. The Hall–Kier alpha value is -0.720. The van der Waals surface area contributed by atoms with Crippen LogP contribution < -0.4 is 5.32 Å². The summed E-state index contributed by atoms with van der Waals surface area (Å²) in [6.45, 7) is 6.14. The molecule has 2 rings (SSSR count). The summed E-state index contributed by atoms with van der Waals surface area (Å²) in [5.41, 5.74) is 2.29. The second-order valence-electron chi connectivity index (χ2n) is 4.93. The molecule has 0 saturated heterocycles. The van der Waals surface area contributed by atoms with E-state index in [0.29, 0.717) is 0 Å². The third-order valence-electron chi connectivity index (χ3n) is 3.25. The fraction of sp³-hybridized carbons (Fsp3) is 0.467. The number of rotatable bonds is 7. The largest absolute Gasteiger partial charge is 0.305 e. The zero-order chi connectivity index (χ0) is 15.2. The van der Waals surface area contributed by atoms with Crippen LogP contribution in [0.25, 0.3) is 0 Å². The molecule has 0 fully saturated rings. The zero-order valence-electron chi connectivity index (χ0n) is 12.3. The number of nitrogens with zero attached hydrogens (tertiary/aromatic N) is 3. The molecular weight excluding hydrogens is 396 g/mol. The van der Waals surface area contributed by atoms with E-state index in [1.165, 1.54) is 5.56 Å². The van der Waals surface area contributed by atoms with Gasteiger partial charge in [0.15, 0.2) is 0 Å². The Bertz CT molecular complexity index is 583. The van der Waals surface area contributed by atoms with Gasteiger partial charge in [-0.2, -0.15) is 0 Å². The molecule has 0 aliphatic heterocycles. The van der Waals surface area contributed by atoms with Crippen LogP contribution >= 0.6 is 31.9 Å². The molecule has 1 atom stereocenters. The van der Waals surface area contributed by atoms with Crippen LogP contribution in [0.2, 0.25) is 0 Å². The Morgan fingerprint density at radius 1 is 1.24 bits per heavy atom. The second kappa shape index (κ2) is 8.06. The molecule has 0 amide bonds. The Labute approximate surface area is 142 Å². The average Bonchev–Trinajstić information content (AvgIpc) is 2.92. The molecule has 114 valence electrons. The summed E-state index contributed by atoms with van der Waals surface area (Å²) in [7, 11) is 0. The van der Waals surface area contributed by atoms with Crippen molar-refractivity contribution < 1.29 is 0 Å². The highest BCUT2D eigenvalue weighted by molar-refractivity contribution is 9.11. The first-order chi connectivity index (χ1) is 10.2. The van der Waals surface area contributed by atoms with Crippen molar-refractivity contribution in [2.45, 2.75) is 39.3 Å². The van der Waals surface area contributed by atoms with Gasteiger partial charge in [-0.25, -0.2) is 4.68 Å². The van der Waals surface area contributed by atoms with Gasteiger partial charge in [-0.05, 0) is 43.1 Å². The van der Waals surface area contributed by atoms with Crippen molar-refractivity contribution in [1.82, 2.24) is 20.3 Å². The first-order valence-electron chi connectivity index (χ1n) is 7.24. The van der Waals surface area contributed by atoms with Gasteiger partial charge in [-0.1, -0.05) is 50.9 Å². The SMILES string of the molecule is CCCNC(c1cc(Br)ccc1Br)c1cnnn1CCC. The molecule has 1 heterocycles. The third-order valence-corrected chi connectivity index (χ3v) is 4.46. The van der Waals surface area contributed by atoms with Crippen molar-refractivity contribution in [1.29, 1.82) is 0 Å². The first kappa shape index (κ1) is 16.6. The van der Waals surface area contributed by atoms with Crippen LogP contribution in [0.4, 0.5) is 0 Å². The minimum atomic E-state index is 0.0818. The van der Waals surface area contributed by atoms with E-state index < -0.39 is 0 Å². The highest BCUT2D eigenvalue weighted by Crippen LogP contribution is 2.31. The summed E-state index contributed by atoms with van der Waals surface area (Å²) in [4.78, 5) is 0. The number of aromatic nitrogens is 3. The van der Waals surface area contributed by atoms with Gasteiger partial charge in [0.25, 0.3) is 0 Å². The summed E-state index contributed by atoms with van der Waals surface area (Å²) in [6.07, 6.45) is 3.98. The van der Waals surface area contributed by atoms with E-state index in [2.05, 4.69) is 73.5 Å². The molecule has 2 aromatic rings. The topological polar surface area (TPSA) is 42.7 Å². The van der Waals surface area contributed by atoms with Crippen LogP contribution in [-0.4, -0.2) is 21.5 Å². The van der Waals surface area contributed by atoms with Gasteiger partial charge in [-0.3, -0.25) is 0 Å². The maximum Gasteiger partial charge on any atom is 0.0802 e. The molecule has 1 aromatic carbocycles. The number of nitrogens with one attached hydrogen (secondary N) is 1. The van der Waals surface area contributed by atoms with Crippen molar-refractivity contribution in [2.75, 3.05) is 6.54 Å². The normalized spacial score (nSPS) is 12.6. The molecular formula is C15H20Br2N4. The number of hydrogen-bond acceptors (Lipinski definition) is 3. The van der Waals surface area contributed by atoms with Gasteiger partial charge in [0.1, 0.15) is 0 Å². The Morgan fingerprint density at radius 3 is 2.76 bits per heavy atom. The summed E-state index contributed by atoms with van der Waals surface area (Å²) < 4.78 is 4.14. The molecule has 0 radical (unpaired) electrons. The van der Waals surface area contributed by atoms with E-state index in [9.17, 15) is 0 Å². The molecule has 0 saturated carbocycles. The monoisotopic (exact) mass is 414 g/mol. The van der Waals surface area contributed by atoms with Crippen molar-refractivity contribution in [3.05, 3.63) is 44.6 Å². The molecule has 1 aromatic heterocycles. The highest BCUT2D eigenvalue weighted by atomic mass is 79.9. The molecule has 0 aliphatic rings. The molecule has 0 aliphatic carbocycles. The Balaban J connectivity index is 2.42. The first-order valence-corrected chi connectivity index (χ1v) is 8.82. The molecule has 6 heteroatoms. The van der Waals surface area contributed by atoms with Gasteiger partial charge >= 0.3 is 0 Å². The lowest BCUT2D eigenvalue weighted by Crippen LogP contribution is -2.26. The van der Waals surface area contributed by atoms with Crippen molar-refractivity contribution in [3.8, 4) is 0 Å². The van der Waals surface area contributed by atoms with Crippen LogP contribution in [0.3, 0.4) is 0 Å². The van der Waals surface area contributed by atoms with E-state index in [1.54, 1.807) is 0 Å². The Morgan fingerprint density at radius 2 is 2.05 bits per heavy atom. The minimum Gasteiger partial charge on any atom is -0.305 e. The van der Waals surface area contributed by atoms with Crippen LogP contribution in [0, 0.1) is 0 Å². The van der Waals surface area contributed by atoms with Crippen molar-refractivity contribution in [3.63, 3.8) is 0 Å². The van der Waals surface area contributed by atoms with Crippen LogP contribution in [0.1, 0.15) is 44.0 Å². The molecule has 1 unspecified atom stereocenters. The predicted molar refractivity (Wildman–Crippen MR) is 92.3 cm³/mol. The summed E-state index contributed by atoms with van der Waals surface area (Å²) in [5.74, 6) is 0. The lowest BCUT2D eigenvalue weighted by Gasteiger charge is -2.21. The van der Waals surface area contributed by atoms with E-state index >= 15 is 0 Å². The molecule has 4 nitrogen and oxygen atoms in total. The second-order valence-corrected chi connectivity index (χ2v) is 6.71. The van der Waals surface area contributed by atoms with Crippen molar-refractivity contribution in [2.24, 2.45) is 0 Å². The van der Waals surface area contributed by atoms with Gasteiger partial charge in [-0.15, -0.1) is 5.10 Å². The maximum atomic E-state index is 4.21. The van der Waals surface area contributed by atoms with Gasteiger partial charge in [0, 0.05) is 15.5 Å². The average molecular weight is 416 g/mol. The fourth-order valence-corrected chi connectivity index (χ4v) is 3.13. The van der Waals surface area contributed by atoms with Gasteiger partial charge in [0.2, 0.25) is 0 Å². The van der Waals surface area contributed by atoms with Crippen molar-refractivity contribution >= 4 is 31.9 Å². The van der Waals surface area contributed by atoms with Gasteiger partial charge in [0.05, 0.1) is 17.9 Å². The quantitative estimate of drug-likeness (QED) is 0.732. The van der Waals surface area contributed by atoms with E-state index in [0.717, 1.165) is 40.6 Å². The summed E-state index contributed by atoms with van der Waals surface area (Å²) >= 11 is 7.22. The smallest absolute Gasteiger partial charge is 0.0802 e. The minimum absolute atomic E-state index is 0.0818. The van der Waals surface area contributed by atoms with E-state index in [-0.39, 0.29) is 6.04 Å². The lowest BCUT2D eigenvalue weighted by molar-refractivity contribution is 0.503. The number of benzene rings is 1. The lowest BCUT2D eigenvalue weighted by atomic mass is 10.0. The number of aryl methyl sites for hydroxylation is 1. The third kappa shape index (κ3) is 4.14. The number of hydrogen-bond donors (Lipinski definition) is 1. The predicted octanol–water partition coefficient (Wildman–Crippen LogP) is 4.30. The van der Waals surface area contributed by atoms with Crippen LogP contribution in [-0.2, 0) is 6.54 Å². The van der Waals surface area contributed by atoms with Crippen LogP contribution in [0.5, 0.6) is 0 Å². The Kier molecular flexibility index (Phi) is 6.39. The molecule has 0 bridgehead atoms. The number of halogens is 2. The van der Waals surface area contributed by atoms with Gasteiger partial charge < -0.3 is 5.32 Å². The molecule has 21 heavy (non-hydrogen) atoms. The standard InChI is InChI=1S/C15H20Br2N4/c1-3-7-18-15(12-9-11(16)5-6-13(12)17)14-10-19-20-21(14)8-4-2/h5-6,9-10,15,18H,3-4,7-8H2,1-2H3. The maximum absolute atomic E-state index is 4.21. The highest BCUT2D eigenvalue weighted by Gasteiger charge is 2.21. The summed E-state index contributed by atoms with van der Waals surface area (Å²) in [6, 6.07) is 6.32.